The summed E-state index contributed by atoms with van der Waals surface area (Å²) in [7, 11) is 0. The number of carbonyl (C=O) groups excluding carboxylic acids is 1. The van der Waals surface area contributed by atoms with Crippen LogP contribution in [0.2, 0.25) is 0 Å². The summed E-state index contributed by atoms with van der Waals surface area (Å²) < 4.78 is 8.05. The van der Waals surface area contributed by atoms with Gasteiger partial charge in [0, 0.05) is 41.7 Å². The average molecular weight is 390 g/mol. The summed E-state index contributed by atoms with van der Waals surface area (Å²) >= 11 is 0. The number of hydrogen-bond donors (Lipinski definition) is 0. The lowest BCUT2D eigenvalue weighted by molar-refractivity contribution is 0.0946. The Hall–Kier alpha value is -2.39. The maximum atomic E-state index is 13.4. The van der Waals surface area contributed by atoms with Gasteiger partial charge in [0.15, 0.2) is 5.78 Å². The van der Waals surface area contributed by atoms with Gasteiger partial charge < -0.3 is 9.30 Å². The first-order valence-electron chi connectivity index (χ1n) is 10.6. The van der Waals surface area contributed by atoms with Crippen molar-refractivity contribution in [1.82, 2.24) is 4.57 Å². The van der Waals surface area contributed by atoms with Gasteiger partial charge >= 0.3 is 0 Å². The van der Waals surface area contributed by atoms with E-state index in [1.165, 1.54) is 5.56 Å². The molecule has 1 fully saturated rings. The number of para-hydroxylation sites is 1. The molecule has 152 valence electrons. The number of hydrogen-bond acceptors (Lipinski definition) is 2. The van der Waals surface area contributed by atoms with Crippen LogP contribution < -0.4 is 0 Å². The van der Waals surface area contributed by atoms with Crippen LogP contribution in [0, 0.1) is 16.7 Å². The quantitative estimate of drug-likeness (QED) is 0.344. The van der Waals surface area contributed by atoms with E-state index in [1.807, 2.05) is 30.3 Å². The van der Waals surface area contributed by atoms with E-state index in [4.69, 9.17) is 4.74 Å². The van der Waals surface area contributed by atoms with Crippen LogP contribution in [-0.2, 0) is 17.9 Å². The molecule has 0 radical (unpaired) electrons. The van der Waals surface area contributed by atoms with Crippen molar-refractivity contribution in [3.8, 4) is 0 Å². The van der Waals surface area contributed by atoms with Crippen LogP contribution in [0.25, 0.3) is 10.9 Å². The molecule has 3 aromatic rings. The standard InChI is InChI=1S/C26H31NO2/c1-25(2)24(26(25,3)4)23(28)21-17-27(22-14-9-8-13-20(21)22)15-10-16-29-18-19-11-6-5-7-12-19/h5-9,11-14,17,24H,10,15-16,18H2,1-4H3. The van der Waals surface area contributed by atoms with Gasteiger partial charge in [-0.15, -0.1) is 0 Å². The third-order valence-electron chi connectivity index (χ3n) is 7.14. The molecule has 0 amide bonds. The lowest BCUT2D eigenvalue weighted by Gasteiger charge is -2.07. The zero-order chi connectivity index (χ0) is 20.6. The molecule has 0 spiro atoms. The van der Waals surface area contributed by atoms with Crippen LogP contribution in [0.15, 0.2) is 60.8 Å². The largest absolute Gasteiger partial charge is 0.377 e. The summed E-state index contributed by atoms with van der Waals surface area (Å²) in [5, 5.41) is 1.07. The van der Waals surface area contributed by atoms with Crippen molar-refractivity contribution < 1.29 is 9.53 Å². The Morgan fingerprint density at radius 2 is 1.62 bits per heavy atom. The van der Waals surface area contributed by atoms with Crippen LogP contribution in [0.3, 0.4) is 0 Å². The van der Waals surface area contributed by atoms with E-state index in [0.29, 0.717) is 13.2 Å². The Morgan fingerprint density at radius 3 is 2.31 bits per heavy atom. The number of nitrogens with zero attached hydrogens (tertiary/aromatic N) is 1. The number of fused-ring (bicyclic) bond motifs is 1. The molecular formula is C26H31NO2. The summed E-state index contributed by atoms with van der Waals surface area (Å²) in [5.74, 6) is 0.374. The molecule has 3 heteroatoms. The minimum Gasteiger partial charge on any atom is -0.377 e. The molecule has 1 heterocycles. The molecule has 0 aliphatic heterocycles. The molecular weight excluding hydrogens is 358 g/mol. The van der Waals surface area contributed by atoms with E-state index >= 15 is 0 Å². The Kier molecular flexibility index (Phi) is 5.12. The number of Topliss-reactive ketones (excluding diaryl/α,β-unsaturated/α-hetero) is 1. The number of aryl methyl sites for hydroxylation is 1. The fourth-order valence-corrected chi connectivity index (χ4v) is 4.74. The third kappa shape index (κ3) is 3.53. The molecule has 0 N–H and O–H groups in total. The molecule has 1 aliphatic carbocycles. The van der Waals surface area contributed by atoms with Gasteiger partial charge in [-0.1, -0.05) is 76.2 Å². The predicted octanol–water partition coefficient (Wildman–Crippen LogP) is 6.11. The first kappa shape index (κ1) is 19.9. The summed E-state index contributed by atoms with van der Waals surface area (Å²) in [6.07, 6.45) is 2.98. The average Bonchev–Trinajstić information content (AvgIpc) is 2.98. The Bertz CT molecular complexity index is 1000. The van der Waals surface area contributed by atoms with Crippen molar-refractivity contribution in [2.75, 3.05) is 6.61 Å². The first-order chi connectivity index (χ1) is 13.8. The zero-order valence-corrected chi connectivity index (χ0v) is 17.9. The Balaban J connectivity index is 1.45. The van der Waals surface area contributed by atoms with Crippen molar-refractivity contribution in [2.45, 2.75) is 47.3 Å². The van der Waals surface area contributed by atoms with Crippen LogP contribution >= 0.6 is 0 Å². The van der Waals surface area contributed by atoms with Crippen molar-refractivity contribution in [3.63, 3.8) is 0 Å². The lowest BCUT2D eigenvalue weighted by Crippen LogP contribution is -2.07. The highest BCUT2D eigenvalue weighted by molar-refractivity contribution is 6.11. The van der Waals surface area contributed by atoms with Crippen LogP contribution in [0.1, 0.15) is 50.0 Å². The number of aromatic nitrogens is 1. The van der Waals surface area contributed by atoms with Crippen molar-refractivity contribution in [2.24, 2.45) is 16.7 Å². The number of benzene rings is 2. The number of rotatable bonds is 8. The van der Waals surface area contributed by atoms with E-state index in [-0.39, 0.29) is 22.5 Å². The SMILES string of the molecule is CC1(C)C(C(=O)c2cn(CCCOCc3ccccc3)c3ccccc23)C1(C)C. The summed E-state index contributed by atoms with van der Waals surface area (Å²) in [6.45, 7) is 11.0. The minimum absolute atomic E-state index is 0.0541. The summed E-state index contributed by atoms with van der Waals surface area (Å²) in [4.78, 5) is 13.4. The van der Waals surface area contributed by atoms with Crippen LogP contribution in [-0.4, -0.2) is 17.0 Å². The fourth-order valence-electron chi connectivity index (χ4n) is 4.74. The Morgan fingerprint density at radius 1 is 0.966 bits per heavy atom. The molecule has 1 aromatic heterocycles. The number of carbonyl (C=O) groups is 1. The highest BCUT2D eigenvalue weighted by Crippen LogP contribution is 2.69. The molecule has 0 saturated heterocycles. The second-order valence-electron chi connectivity index (χ2n) is 9.39. The zero-order valence-electron chi connectivity index (χ0n) is 17.9. The normalized spacial score (nSPS) is 17.5. The van der Waals surface area contributed by atoms with Gasteiger partial charge in [-0.25, -0.2) is 0 Å². The van der Waals surface area contributed by atoms with Crippen LogP contribution in [0.5, 0.6) is 0 Å². The molecule has 0 unspecified atom stereocenters. The molecule has 0 bridgehead atoms. The topological polar surface area (TPSA) is 31.2 Å². The van der Waals surface area contributed by atoms with E-state index < -0.39 is 0 Å². The van der Waals surface area contributed by atoms with Crippen molar-refractivity contribution in [3.05, 3.63) is 71.9 Å². The molecule has 2 aromatic carbocycles. The molecule has 3 nitrogen and oxygen atoms in total. The number of ether oxygens (including phenoxy) is 1. The second kappa shape index (κ2) is 7.46. The van der Waals surface area contributed by atoms with E-state index in [2.05, 4.69) is 62.7 Å². The van der Waals surface area contributed by atoms with Gasteiger partial charge in [0.05, 0.1) is 6.61 Å². The smallest absolute Gasteiger partial charge is 0.169 e. The third-order valence-corrected chi connectivity index (χ3v) is 7.14. The molecule has 1 aliphatic rings. The van der Waals surface area contributed by atoms with E-state index in [1.54, 1.807) is 0 Å². The molecule has 0 atom stereocenters. The maximum Gasteiger partial charge on any atom is 0.169 e. The van der Waals surface area contributed by atoms with Gasteiger partial charge in [0.1, 0.15) is 0 Å². The van der Waals surface area contributed by atoms with Gasteiger partial charge in [-0.05, 0) is 28.9 Å². The van der Waals surface area contributed by atoms with Gasteiger partial charge in [0.25, 0.3) is 0 Å². The summed E-state index contributed by atoms with van der Waals surface area (Å²) in [5.41, 5.74) is 3.31. The predicted molar refractivity (Wildman–Crippen MR) is 118 cm³/mol. The maximum absolute atomic E-state index is 13.4. The van der Waals surface area contributed by atoms with Crippen molar-refractivity contribution in [1.29, 1.82) is 0 Å². The monoisotopic (exact) mass is 389 g/mol. The highest BCUT2D eigenvalue weighted by Gasteiger charge is 2.68. The highest BCUT2D eigenvalue weighted by atomic mass is 16.5. The van der Waals surface area contributed by atoms with E-state index in [9.17, 15) is 4.79 Å². The molecule has 1 saturated carbocycles. The lowest BCUT2D eigenvalue weighted by atomic mass is 10.0. The molecule has 4 rings (SSSR count). The summed E-state index contributed by atoms with van der Waals surface area (Å²) in [6, 6.07) is 18.5. The van der Waals surface area contributed by atoms with Crippen LogP contribution in [0.4, 0.5) is 0 Å². The Labute approximate surface area is 173 Å². The van der Waals surface area contributed by atoms with Gasteiger partial charge in [0.2, 0.25) is 0 Å². The fraction of sp³-hybridized carbons (Fsp3) is 0.423. The first-order valence-corrected chi connectivity index (χ1v) is 10.6. The van der Waals surface area contributed by atoms with Gasteiger partial charge in [-0.2, -0.15) is 0 Å². The number of ketones is 1. The van der Waals surface area contributed by atoms with Crippen molar-refractivity contribution >= 4 is 16.7 Å². The molecule has 29 heavy (non-hydrogen) atoms. The minimum atomic E-state index is 0.0541. The van der Waals surface area contributed by atoms with E-state index in [0.717, 1.165) is 29.4 Å². The van der Waals surface area contributed by atoms with Gasteiger partial charge in [-0.3, -0.25) is 4.79 Å². The second-order valence-corrected chi connectivity index (χ2v) is 9.39.